The Morgan fingerprint density at radius 3 is 2.46 bits per heavy atom. The molecule has 2 aliphatic rings. The van der Waals surface area contributed by atoms with E-state index in [9.17, 15) is 18.0 Å². The molecule has 0 N–H and O–H groups in total. The molecule has 0 bridgehead atoms. The molecule has 3 rings (SSSR count). The van der Waals surface area contributed by atoms with Gasteiger partial charge in [0.1, 0.15) is 6.10 Å². The average Bonchev–Trinajstić information content (AvgIpc) is 2.52. The summed E-state index contributed by atoms with van der Waals surface area (Å²) in [5, 5.41) is 0. The van der Waals surface area contributed by atoms with Crippen molar-refractivity contribution in [2.75, 3.05) is 26.3 Å². The molecule has 24 heavy (non-hydrogen) atoms. The maximum Gasteiger partial charge on any atom is 0.417 e. The second-order valence-corrected chi connectivity index (χ2v) is 6.55. The molecule has 2 saturated heterocycles. The molecule has 8 heteroatoms. The lowest BCUT2D eigenvalue weighted by atomic mass is 9.86. The Balaban J connectivity index is 1.51. The molecule has 1 aromatic rings. The van der Waals surface area contributed by atoms with Crippen LogP contribution in [0.25, 0.3) is 0 Å². The number of hydrogen-bond donors (Lipinski definition) is 0. The summed E-state index contributed by atoms with van der Waals surface area (Å²) in [5.41, 5.74) is -1.21. The Hall–Kier alpha value is -1.83. The van der Waals surface area contributed by atoms with E-state index in [0.717, 1.165) is 12.3 Å². The highest BCUT2D eigenvalue weighted by atomic mass is 19.4. The van der Waals surface area contributed by atoms with Crippen LogP contribution in [0.4, 0.5) is 13.2 Å². The first-order valence-electron chi connectivity index (χ1n) is 7.85. The van der Waals surface area contributed by atoms with Crippen LogP contribution >= 0.6 is 0 Å². The maximum atomic E-state index is 12.5. The van der Waals surface area contributed by atoms with Gasteiger partial charge in [0.2, 0.25) is 11.8 Å². The highest BCUT2D eigenvalue weighted by molar-refractivity contribution is 5.83. The molecule has 1 amide bonds. The van der Waals surface area contributed by atoms with Gasteiger partial charge in [0.25, 0.3) is 0 Å². The number of piperidine rings is 1. The van der Waals surface area contributed by atoms with Crippen molar-refractivity contribution >= 4 is 5.91 Å². The first kappa shape index (κ1) is 17.0. The summed E-state index contributed by atoms with van der Waals surface area (Å²) in [6.45, 7) is 3.95. The van der Waals surface area contributed by atoms with Crippen LogP contribution in [-0.4, -0.2) is 48.2 Å². The van der Waals surface area contributed by atoms with Crippen LogP contribution in [0.3, 0.4) is 0 Å². The Morgan fingerprint density at radius 1 is 1.33 bits per heavy atom. The summed E-state index contributed by atoms with van der Waals surface area (Å²) in [6, 6.07) is 2.19. The van der Waals surface area contributed by atoms with E-state index in [2.05, 4.69) is 4.98 Å². The quantitative estimate of drug-likeness (QED) is 0.845. The van der Waals surface area contributed by atoms with Crippen molar-refractivity contribution in [3.05, 3.63) is 23.9 Å². The van der Waals surface area contributed by atoms with Gasteiger partial charge in [-0.05, 0) is 13.0 Å². The van der Waals surface area contributed by atoms with Crippen LogP contribution in [0, 0.1) is 5.41 Å². The largest absolute Gasteiger partial charge is 0.474 e. The molecular formula is C16H19F3N2O3. The lowest BCUT2D eigenvalue weighted by molar-refractivity contribution is -0.170. The van der Waals surface area contributed by atoms with E-state index in [1.54, 1.807) is 0 Å². The second-order valence-electron chi connectivity index (χ2n) is 6.55. The summed E-state index contributed by atoms with van der Waals surface area (Å²) in [5.74, 6) is 0.270. The first-order chi connectivity index (χ1) is 11.3. The molecule has 5 nitrogen and oxygen atoms in total. The Labute approximate surface area is 137 Å². The standard InChI is InChI=1S/C16H19F3N2O3/c1-15(9-23-10-15)14(22)21-6-4-12(5-7-21)24-13-3-2-11(8-20-13)16(17,18)19/h2-3,8,12H,4-7,9-10H2,1H3. The van der Waals surface area contributed by atoms with Crippen molar-refractivity contribution in [2.24, 2.45) is 5.41 Å². The average molecular weight is 344 g/mol. The SMILES string of the molecule is CC1(C(=O)N2CCC(Oc3ccc(C(F)(F)F)cn3)CC2)COC1. The van der Waals surface area contributed by atoms with Gasteiger partial charge in [-0.25, -0.2) is 4.98 Å². The maximum absolute atomic E-state index is 12.5. The predicted octanol–water partition coefficient (Wildman–Crippen LogP) is 2.51. The van der Waals surface area contributed by atoms with Crippen LogP contribution in [-0.2, 0) is 15.7 Å². The van der Waals surface area contributed by atoms with Crippen LogP contribution in [0.2, 0.25) is 0 Å². The van der Waals surface area contributed by atoms with Gasteiger partial charge < -0.3 is 14.4 Å². The zero-order chi connectivity index (χ0) is 17.4. The molecule has 0 unspecified atom stereocenters. The molecule has 0 aliphatic carbocycles. The summed E-state index contributed by atoms with van der Waals surface area (Å²) in [4.78, 5) is 17.9. The van der Waals surface area contributed by atoms with Crippen molar-refractivity contribution in [3.63, 3.8) is 0 Å². The van der Waals surface area contributed by atoms with Gasteiger partial charge in [0.15, 0.2) is 0 Å². The molecule has 3 heterocycles. The molecule has 0 radical (unpaired) electrons. The van der Waals surface area contributed by atoms with Gasteiger partial charge >= 0.3 is 6.18 Å². The fourth-order valence-corrected chi connectivity index (χ4v) is 2.88. The van der Waals surface area contributed by atoms with Gasteiger partial charge in [0, 0.05) is 38.2 Å². The molecule has 0 spiro atoms. The van der Waals surface area contributed by atoms with Crippen LogP contribution in [0.1, 0.15) is 25.3 Å². The van der Waals surface area contributed by atoms with E-state index in [-0.39, 0.29) is 17.9 Å². The van der Waals surface area contributed by atoms with Crippen molar-refractivity contribution in [1.29, 1.82) is 0 Å². The third-order valence-corrected chi connectivity index (χ3v) is 4.44. The highest BCUT2D eigenvalue weighted by Gasteiger charge is 2.44. The van der Waals surface area contributed by atoms with Gasteiger partial charge in [-0.3, -0.25) is 4.79 Å². The van der Waals surface area contributed by atoms with E-state index >= 15 is 0 Å². The number of likely N-dealkylation sites (tertiary alicyclic amines) is 1. The van der Waals surface area contributed by atoms with Crippen molar-refractivity contribution in [3.8, 4) is 5.88 Å². The number of pyridine rings is 1. The number of halogens is 3. The normalized spacial score (nSPS) is 21.2. The smallest absolute Gasteiger partial charge is 0.417 e. The molecule has 0 aromatic carbocycles. The molecule has 0 saturated carbocycles. The monoisotopic (exact) mass is 344 g/mol. The number of amides is 1. The summed E-state index contributed by atoms with van der Waals surface area (Å²) in [7, 11) is 0. The minimum absolute atomic E-state index is 0.0971. The Bertz CT molecular complexity index is 592. The third-order valence-electron chi connectivity index (χ3n) is 4.44. The fraction of sp³-hybridized carbons (Fsp3) is 0.625. The van der Waals surface area contributed by atoms with Crippen molar-refractivity contribution < 1.29 is 27.4 Å². The predicted molar refractivity (Wildman–Crippen MR) is 78.4 cm³/mol. The number of nitrogens with zero attached hydrogens (tertiary/aromatic N) is 2. The van der Waals surface area contributed by atoms with Crippen molar-refractivity contribution in [2.45, 2.75) is 32.0 Å². The third kappa shape index (κ3) is 3.48. The highest BCUT2D eigenvalue weighted by Crippen LogP contribution is 2.31. The number of ether oxygens (including phenoxy) is 2. The van der Waals surface area contributed by atoms with Gasteiger partial charge in [0.05, 0.1) is 24.2 Å². The van der Waals surface area contributed by atoms with E-state index < -0.39 is 17.2 Å². The summed E-state index contributed by atoms with van der Waals surface area (Å²) >= 11 is 0. The van der Waals surface area contributed by atoms with Crippen LogP contribution in [0.5, 0.6) is 5.88 Å². The lowest BCUT2D eigenvalue weighted by Gasteiger charge is -2.42. The number of carbonyl (C=O) groups excluding carboxylic acids is 1. The van der Waals surface area contributed by atoms with Crippen molar-refractivity contribution in [1.82, 2.24) is 9.88 Å². The molecular weight excluding hydrogens is 325 g/mol. The summed E-state index contributed by atoms with van der Waals surface area (Å²) in [6.07, 6.45) is -2.52. The van der Waals surface area contributed by atoms with E-state index in [1.165, 1.54) is 6.07 Å². The van der Waals surface area contributed by atoms with Gasteiger partial charge in [-0.2, -0.15) is 13.2 Å². The number of hydrogen-bond acceptors (Lipinski definition) is 4. The first-order valence-corrected chi connectivity index (χ1v) is 7.85. The minimum atomic E-state index is -4.40. The number of rotatable bonds is 3. The van der Waals surface area contributed by atoms with Gasteiger partial charge in [-0.1, -0.05) is 0 Å². The zero-order valence-corrected chi connectivity index (χ0v) is 13.3. The van der Waals surface area contributed by atoms with E-state index in [0.29, 0.717) is 39.1 Å². The van der Waals surface area contributed by atoms with E-state index in [4.69, 9.17) is 9.47 Å². The van der Waals surface area contributed by atoms with Crippen LogP contribution < -0.4 is 4.74 Å². The minimum Gasteiger partial charge on any atom is -0.474 e. The molecule has 2 aliphatic heterocycles. The molecule has 0 atom stereocenters. The fourth-order valence-electron chi connectivity index (χ4n) is 2.88. The lowest BCUT2D eigenvalue weighted by Crippen LogP contribution is -2.55. The van der Waals surface area contributed by atoms with Gasteiger partial charge in [-0.15, -0.1) is 0 Å². The molecule has 2 fully saturated rings. The number of alkyl halides is 3. The summed E-state index contributed by atoms with van der Waals surface area (Å²) < 4.78 is 48.3. The zero-order valence-electron chi connectivity index (χ0n) is 13.3. The second kappa shape index (κ2) is 6.23. The van der Waals surface area contributed by atoms with Crippen LogP contribution in [0.15, 0.2) is 18.3 Å². The molecule has 1 aromatic heterocycles. The Morgan fingerprint density at radius 2 is 2.00 bits per heavy atom. The molecule has 132 valence electrons. The Kier molecular flexibility index (Phi) is 4.42. The number of aromatic nitrogens is 1. The number of carbonyl (C=O) groups is 1. The topological polar surface area (TPSA) is 51.7 Å². The van der Waals surface area contributed by atoms with E-state index in [1.807, 2.05) is 11.8 Å².